The number of thiophene rings is 1. The highest BCUT2D eigenvalue weighted by Gasteiger charge is 2.24. The predicted octanol–water partition coefficient (Wildman–Crippen LogP) is 1.98. The molecule has 1 saturated heterocycles. The van der Waals surface area contributed by atoms with Crippen molar-refractivity contribution in [1.82, 2.24) is 9.80 Å². The maximum Gasteiger partial charge on any atom is 0.409 e. The fourth-order valence-corrected chi connectivity index (χ4v) is 2.90. The van der Waals surface area contributed by atoms with Crippen LogP contribution in [-0.2, 0) is 16.0 Å². The van der Waals surface area contributed by atoms with Crippen LogP contribution in [0, 0.1) is 0 Å². The lowest BCUT2D eigenvalue weighted by molar-refractivity contribution is -0.132. The van der Waals surface area contributed by atoms with E-state index >= 15 is 0 Å². The second-order valence-corrected chi connectivity index (χ2v) is 5.48. The molecule has 0 spiro atoms. The molecule has 1 aromatic heterocycles. The lowest BCUT2D eigenvalue weighted by Crippen LogP contribution is -2.50. The zero-order valence-electron chi connectivity index (χ0n) is 11.7. The number of rotatable bonds is 4. The third kappa shape index (κ3) is 3.96. The van der Waals surface area contributed by atoms with E-state index < -0.39 is 0 Å². The quantitative estimate of drug-likeness (QED) is 0.853. The molecular formula is C14H20N2O3S. The Hall–Kier alpha value is -1.56. The second kappa shape index (κ2) is 7.28. The number of hydrogen-bond acceptors (Lipinski definition) is 4. The van der Waals surface area contributed by atoms with Gasteiger partial charge in [-0.2, -0.15) is 11.3 Å². The fourth-order valence-electron chi connectivity index (χ4n) is 2.20. The van der Waals surface area contributed by atoms with Crippen LogP contribution in [0.2, 0.25) is 0 Å². The van der Waals surface area contributed by atoms with Crippen molar-refractivity contribution in [2.24, 2.45) is 0 Å². The number of carbonyl (C=O) groups is 2. The van der Waals surface area contributed by atoms with E-state index in [1.165, 1.54) is 5.56 Å². The monoisotopic (exact) mass is 296 g/mol. The zero-order chi connectivity index (χ0) is 14.4. The summed E-state index contributed by atoms with van der Waals surface area (Å²) in [5.74, 6) is 0.166. The topological polar surface area (TPSA) is 49.9 Å². The van der Waals surface area contributed by atoms with Gasteiger partial charge >= 0.3 is 6.09 Å². The molecule has 0 atom stereocenters. The summed E-state index contributed by atoms with van der Waals surface area (Å²) < 4.78 is 4.96. The van der Waals surface area contributed by atoms with Crippen LogP contribution in [0.25, 0.3) is 0 Å². The smallest absolute Gasteiger partial charge is 0.409 e. The maximum atomic E-state index is 12.1. The van der Waals surface area contributed by atoms with Gasteiger partial charge in [0.1, 0.15) is 0 Å². The molecule has 2 rings (SSSR count). The van der Waals surface area contributed by atoms with Crippen LogP contribution < -0.4 is 0 Å². The minimum atomic E-state index is -0.280. The summed E-state index contributed by atoms with van der Waals surface area (Å²) in [6.07, 6.45) is 1.05. The summed E-state index contributed by atoms with van der Waals surface area (Å²) in [7, 11) is 0. The average Bonchev–Trinajstić information content (AvgIpc) is 2.98. The highest BCUT2D eigenvalue weighted by atomic mass is 32.1. The Labute approximate surface area is 123 Å². The van der Waals surface area contributed by atoms with Gasteiger partial charge in [0.15, 0.2) is 0 Å². The van der Waals surface area contributed by atoms with Crippen molar-refractivity contribution in [2.45, 2.75) is 19.8 Å². The lowest BCUT2D eigenvalue weighted by Gasteiger charge is -2.34. The van der Waals surface area contributed by atoms with Crippen molar-refractivity contribution in [2.75, 3.05) is 32.8 Å². The van der Waals surface area contributed by atoms with Crippen molar-refractivity contribution in [3.05, 3.63) is 22.4 Å². The summed E-state index contributed by atoms with van der Waals surface area (Å²) in [5.41, 5.74) is 1.22. The van der Waals surface area contributed by atoms with Crippen molar-refractivity contribution in [3.63, 3.8) is 0 Å². The molecule has 2 amide bonds. The van der Waals surface area contributed by atoms with Crippen molar-refractivity contribution >= 4 is 23.3 Å². The summed E-state index contributed by atoms with van der Waals surface area (Å²) >= 11 is 1.65. The van der Waals surface area contributed by atoms with Crippen LogP contribution in [0.5, 0.6) is 0 Å². The summed E-state index contributed by atoms with van der Waals surface area (Å²) in [6.45, 7) is 4.50. The molecule has 0 saturated carbocycles. The molecular weight excluding hydrogens is 276 g/mol. The fraction of sp³-hybridized carbons (Fsp3) is 0.571. The van der Waals surface area contributed by atoms with Gasteiger partial charge in [0.2, 0.25) is 5.91 Å². The van der Waals surface area contributed by atoms with E-state index in [-0.39, 0.29) is 12.0 Å². The first kappa shape index (κ1) is 14.8. The number of amides is 2. The third-order valence-electron chi connectivity index (χ3n) is 3.37. The Bertz CT molecular complexity index is 439. The van der Waals surface area contributed by atoms with Gasteiger partial charge in [-0.05, 0) is 35.7 Å². The molecule has 1 aliphatic heterocycles. The highest BCUT2D eigenvalue weighted by Crippen LogP contribution is 2.11. The minimum absolute atomic E-state index is 0.166. The minimum Gasteiger partial charge on any atom is -0.450 e. The molecule has 1 aliphatic rings. The predicted molar refractivity (Wildman–Crippen MR) is 77.8 cm³/mol. The maximum absolute atomic E-state index is 12.1. The Kier molecular flexibility index (Phi) is 5.40. The molecule has 0 aromatic carbocycles. The number of ether oxygens (including phenoxy) is 1. The molecule has 110 valence electrons. The molecule has 0 bridgehead atoms. The normalized spacial score (nSPS) is 15.2. The molecule has 1 aromatic rings. The molecule has 0 aliphatic carbocycles. The molecule has 2 heterocycles. The Morgan fingerprint density at radius 1 is 1.25 bits per heavy atom. The van der Waals surface area contributed by atoms with Gasteiger partial charge in [-0.1, -0.05) is 0 Å². The number of piperazine rings is 1. The van der Waals surface area contributed by atoms with Crippen LogP contribution in [0.3, 0.4) is 0 Å². The molecule has 5 nitrogen and oxygen atoms in total. The second-order valence-electron chi connectivity index (χ2n) is 4.70. The first-order valence-electron chi connectivity index (χ1n) is 6.91. The number of hydrogen-bond donors (Lipinski definition) is 0. The van der Waals surface area contributed by atoms with E-state index in [0.717, 1.165) is 6.42 Å². The van der Waals surface area contributed by atoms with Crippen molar-refractivity contribution in [1.29, 1.82) is 0 Å². The molecule has 6 heteroatoms. The van der Waals surface area contributed by atoms with Crippen LogP contribution in [0.4, 0.5) is 4.79 Å². The molecule has 0 unspecified atom stereocenters. The summed E-state index contributed by atoms with van der Waals surface area (Å²) in [5, 5.41) is 4.10. The van der Waals surface area contributed by atoms with E-state index in [2.05, 4.69) is 11.4 Å². The van der Waals surface area contributed by atoms with Gasteiger partial charge in [0.05, 0.1) is 6.61 Å². The largest absolute Gasteiger partial charge is 0.450 e. The standard InChI is InChI=1S/C14H20N2O3S/c1-2-19-14(18)16-8-6-15(7-9-16)13(17)4-3-12-5-10-20-11-12/h5,10-11H,2-4,6-9H2,1H3. The summed E-state index contributed by atoms with van der Waals surface area (Å²) in [4.78, 5) is 27.1. The molecule has 0 N–H and O–H groups in total. The summed E-state index contributed by atoms with van der Waals surface area (Å²) in [6, 6.07) is 2.05. The van der Waals surface area contributed by atoms with Crippen LogP contribution in [0.1, 0.15) is 18.9 Å². The van der Waals surface area contributed by atoms with E-state index in [9.17, 15) is 9.59 Å². The zero-order valence-corrected chi connectivity index (χ0v) is 12.5. The number of aryl methyl sites for hydroxylation is 1. The van der Waals surface area contributed by atoms with E-state index in [1.807, 2.05) is 10.3 Å². The van der Waals surface area contributed by atoms with Gasteiger partial charge in [0, 0.05) is 32.6 Å². The van der Waals surface area contributed by atoms with Gasteiger partial charge < -0.3 is 14.5 Å². The Morgan fingerprint density at radius 2 is 1.95 bits per heavy atom. The number of carbonyl (C=O) groups excluding carboxylic acids is 2. The number of nitrogens with zero attached hydrogens (tertiary/aromatic N) is 2. The highest BCUT2D eigenvalue weighted by molar-refractivity contribution is 7.07. The first-order chi connectivity index (χ1) is 9.70. The van der Waals surface area contributed by atoms with Crippen molar-refractivity contribution in [3.8, 4) is 0 Å². The van der Waals surface area contributed by atoms with Crippen LogP contribution in [0.15, 0.2) is 16.8 Å². The van der Waals surface area contributed by atoms with Crippen LogP contribution in [-0.4, -0.2) is 54.6 Å². The van der Waals surface area contributed by atoms with E-state index in [0.29, 0.717) is 39.2 Å². The molecule has 1 fully saturated rings. The third-order valence-corrected chi connectivity index (χ3v) is 4.10. The van der Waals surface area contributed by atoms with Gasteiger partial charge in [-0.25, -0.2) is 4.79 Å². The molecule has 20 heavy (non-hydrogen) atoms. The molecule has 0 radical (unpaired) electrons. The van der Waals surface area contributed by atoms with E-state index in [4.69, 9.17) is 4.74 Å². The van der Waals surface area contributed by atoms with E-state index in [1.54, 1.807) is 23.2 Å². The lowest BCUT2D eigenvalue weighted by atomic mass is 10.1. The Balaban J connectivity index is 1.73. The van der Waals surface area contributed by atoms with Gasteiger partial charge in [0.25, 0.3) is 0 Å². The van der Waals surface area contributed by atoms with Gasteiger partial charge in [-0.15, -0.1) is 0 Å². The SMILES string of the molecule is CCOC(=O)N1CCN(C(=O)CCc2ccsc2)CC1. The van der Waals surface area contributed by atoms with Crippen LogP contribution >= 0.6 is 11.3 Å². The average molecular weight is 296 g/mol. The Morgan fingerprint density at radius 3 is 2.55 bits per heavy atom. The van der Waals surface area contributed by atoms with Gasteiger partial charge in [-0.3, -0.25) is 4.79 Å². The first-order valence-corrected chi connectivity index (χ1v) is 7.85. The van der Waals surface area contributed by atoms with Crippen molar-refractivity contribution < 1.29 is 14.3 Å².